The van der Waals surface area contributed by atoms with E-state index in [1.54, 1.807) is 6.08 Å². The second-order valence-corrected chi connectivity index (χ2v) is 5.68. The van der Waals surface area contributed by atoms with Crippen LogP contribution < -0.4 is 10.1 Å². The predicted molar refractivity (Wildman–Crippen MR) is 85.0 cm³/mol. The summed E-state index contributed by atoms with van der Waals surface area (Å²) in [5.74, 6) is 1.92. The molecule has 1 N–H and O–H groups in total. The molecule has 1 aliphatic rings. The Morgan fingerprint density at radius 2 is 2.00 bits per heavy atom. The molecule has 2 nitrogen and oxygen atoms in total. The lowest BCUT2D eigenvalue weighted by Gasteiger charge is -2.21. The van der Waals surface area contributed by atoms with Gasteiger partial charge in [0.15, 0.2) is 0 Å². The van der Waals surface area contributed by atoms with Crippen molar-refractivity contribution in [3.8, 4) is 5.75 Å². The summed E-state index contributed by atoms with van der Waals surface area (Å²) in [6.45, 7) is 6.26. The van der Waals surface area contributed by atoms with E-state index in [2.05, 4.69) is 24.0 Å². The minimum atomic E-state index is 0.569. The first-order valence-electron chi connectivity index (χ1n) is 7.92. The van der Waals surface area contributed by atoms with Crippen molar-refractivity contribution in [2.75, 3.05) is 13.2 Å². The summed E-state index contributed by atoms with van der Waals surface area (Å²) in [7, 11) is 0. The van der Waals surface area contributed by atoms with E-state index >= 15 is 0 Å². The van der Waals surface area contributed by atoms with Crippen molar-refractivity contribution in [2.24, 2.45) is 5.92 Å². The maximum Gasteiger partial charge on any atom is 0.124 e. The quantitative estimate of drug-likeness (QED) is 0.563. The van der Waals surface area contributed by atoms with Crippen molar-refractivity contribution < 1.29 is 4.74 Å². The fourth-order valence-electron chi connectivity index (χ4n) is 2.94. The number of rotatable bonds is 8. The van der Waals surface area contributed by atoms with Gasteiger partial charge < -0.3 is 10.1 Å². The highest BCUT2D eigenvalue weighted by Gasteiger charge is 2.12. The Bertz CT molecular complexity index is 396. The summed E-state index contributed by atoms with van der Waals surface area (Å²) in [5, 5.41) is 3.56. The zero-order valence-electron chi connectivity index (χ0n) is 12.4. The van der Waals surface area contributed by atoms with Gasteiger partial charge in [-0.1, -0.05) is 63.0 Å². The number of ether oxygens (including phenoxy) is 1. The summed E-state index contributed by atoms with van der Waals surface area (Å²) in [4.78, 5) is 0. The lowest BCUT2D eigenvalue weighted by atomic mass is 9.87. The first kappa shape index (κ1) is 15.1. The summed E-state index contributed by atoms with van der Waals surface area (Å²) in [5.41, 5.74) is 1.23. The van der Waals surface area contributed by atoms with Crippen LogP contribution in [-0.4, -0.2) is 13.2 Å². The molecule has 0 amide bonds. The molecule has 0 spiro atoms. The van der Waals surface area contributed by atoms with Crippen molar-refractivity contribution in [1.29, 1.82) is 0 Å². The second kappa shape index (κ2) is 8.80. The van der Waals surface area contributed by atoms with Crippen LogP contribution in [0.1, 0.15) is 44.1 Å². The Morgan fingerprint density at radius 3 is 2.80 bits per heavy atom. The fourth-order valence-corrected chi connectivity index (χ4v) is 2.94. The van der Waals surface area contributed by atoms with E-state index in [-0.39, 0.29) is 0 Å². The third kappa shape index (κ3) is 5.01. The van der Waals surface area contributed by atoms with Crippen LogP contribution in [0.2, 0.25) is 0 Å². The third-order valence-corrected chi connectivity index (χ3v) is 4.10. The van der Waals surface area contributed by atoms with E-state index in [4.69, 9.17) is 4.74 Å². The number of hydrogen-bond acceptors (Lipinski definition) is 2. The number of para-hydroxylation sites is 1. The molecular weight excluding hydrogens is 246 g/mol. The molecule has 0 heterocycles. The van der Waals surface area contributed by atoms with Gasteiger partial charge in [0.05, 0.1) is 0 Å². The van der Waals surface area contributed by atoms with Crippen LogP contribution in [0, 0.1) is 5.92 Å². The molecular formula is C18H27NO. The van der Waals surface area contributed by atoms with Gasteiger partial charge in [0.1, 0.15) is 12.4 Å². The van der Waals surface area contributed by atoms with Gasteiger partial charge in [-0.05, 0) is 24.9 Å². The van der Waals surface area contributed by atoms with Gasteiger partial charge in [0.25, 0.3) is 0 Å². The predicted octanol–water partition coefficient (Wildman–Crippen LogP) is 4.31. The minimum absolute atomic E-state index is 0.569. The highest BCUT2D eigenvalue weighted by molar-refractivity contribution is 5.33. The van der Waals surface area contributed by atoms with Crippen molar-refractivity contribution in [2.45, 2.75) is 45.1 Å². The molecule has 110 valence electrons. The Balaban J connectivity index is 1.71. The smallest absolute Gasteiger partial charge is 0.124 e. The first-order chi connectivity index (χ1) is 9.90. The van der Waals surface area contributed by atoms with Crippen LogP contribution in [0.4, 0.5) is 0 Å². The van der Waals surface area contributed by atoms with E-state index in [0.29, 0.717) is 6.61 Å². The molecule has 2 heteroatoms. The van der Waals surface area contributed by atoms with Crippen LogP contribution in [0.3, 0.4) is 0 Å². The lowest BCUT2D eigenvalue weighted by Crippen LogP contribution is -2.19. The van der Waals surface area contributed by atoms with E-state index in [0.717, 1.165) is 24.8 Å². The van der Waals surface area contributed by atoms with Crippen LogP contribution >= 0.6 is 0 Å². The van der Waals surface area contributed by atoms with Gasteiger partial charge in [-0.25, -0.2) is 0 Å². The molecule has 0 unspecified atom stereocenters. The Kier molecular flexibility index (Phi) is 6.65. The van der Waals surface area contributed by atoms with Crippen molar-refractivity contribution >= 4 is 0 Å². The van der Waals surface area contributed by atoms with E-state index in [1.807, 2.05) is 12.1 Å². The molecule has 1 aliphatic carbocycles. The maximum atomic E-state index is 5.68. The zero-order valence-corrected chi connectivity index (χ0v) is 12.4. The van der Waals surface area contributed by atoms with Gasteiger partial charge >= 0.3 is 0 Å². The third-order valence-electron chi connectivity index (χ3n) is 4.10. The number of benzene rings is 1. The Labute approximate surface area is 123 Å². The Hall–Kier alpha value is -1.28. The summed E-state index contributed by atoms with van der Waals surface area (Å²) in [6.07, 6.45) is 10.3. The van der Waals surface area contributed by atoms with Crippen LogP contribution in [0.15, 0.2) is 36.9 Å². The number of nitrogens with one attached hydrogen (secondary N) is 1. The van der Waals surface area contributed by atoms with Crippen molar-refractivity contribution in [3.05, 3.63) is 42.5 Å². The van der Waals surface area contributed by atoms with E-state index in [1.165, 1.54) is 44.1 Å². The van der Waals surface area contributed by atoms with E-state index < -0.39 is 0 Å². The maximum absolute atomic E-state index is 5.68. The fraction of sp³-hybridized carbons (Fsp3) is 0.556. The van der Waals surface area contributed by atoms with E-state index in [9.17, 15) is 0 Å². The summed E-state index contributed by atoms with van der Waals surface area (Å²) >= 11 is 0. The molecule has 1 aromatic carbocycles. The molecule has 1 saturated carbocycles. The molecule has 0 radical (unpaired) electrons. The summed E-state index contributed by atoms with van der Waals surface area (Å²) in [6, 6.07) is 8.25. The molecule has 1 fully saturated rings. The van der Waals surface area contributed by atoms with Crippen LogP contribution in [-0.2, 0) is 6.54 Å². The van der Waals surface area contributed by atoms with Crippen molar-refractivity contribution in [3.63, 3.8) is 0 Å². The SMILES string of the molecule is C=CCOc1ccccc1CNCCC1CCCCC1. The lowest BCUT2D eigenvalue weighted by molar-refractivity contribution is 0.332. The Morgan fingerprint density at radius 1 is 1.20 bits per heavy atom. The normalized spacial score (nSPS) is 16.0. The molecule has 1 aromatic rings. The first-order valence-corrected chi connectivity index (χ1v) is 7.92. The largest absolute Gasteiger partial charge is 0.489 e. The molecule has 0 bridgehead atoms. The topological polar surface area (TPSA) is 21.3 Å². The monoisotopic (exact) mass is 273 g/mol. The van der Waals surface area contributed by atoms with Gasteiger partial charge in [0, 0.05) is 12.1 Å². The highest BCUT2D eigenvalue weighted by atomic mass is 16.5. The van der Waals surface area contributed by atoms with Gasteiger partial charge in [-0.2, -0.15) is 0 Å². The standard InChI is InChI=1S/C18H27NO/c1-2-14-20-18-11-7-6-10-17(18)15-19-13-12-16-8-4-3-5-9-16/h2,6-7,10-11,16,19H,1,3-5,8-9,12-15H2. The average Bonchev–Trinajstić information content (AvgIpc) is 2.51. The summed E-state index contributed by atoms with van der Waals surface area (Å²) < 4.78 is 5.68. The van der Waals surface area contributed by atoms with Crippen LogP contribution in [0.25, 0.3) is 0 Å². The van der Waals surface area contributed by atoms with Gasteiger partial charge in [-0.3, -0.25) is 0 Å². The second-order valence-electron chi connectivity index (χ2n) is 5.68. The molecule has 0 aliphatic heterocycles. The molecule has 2 rings (SSSR count). The molecule has 0 atom stereocenters. The molecule has 0 aromatic heterocycles. The van der Waals surface area contributed by atoms with Gasteiger partial charge in [-0.15, -0.1) is 0 Å². The zero-order chi connectivity index (χ0) is 14.0. The average molecular weight is 273 g/mol. The molecule has 0 saturated heterocycles. The van der Waals surface area contributed by atoms with Gasteiger partial charge in [0.2, 0.25) is 0 Å². The van der Waals surface area contributed by atoms with Crippen LogP contribution in [0.5, 0.6) is 5.75 Å². The minimum Gasteiger partial charge on any atom is -0.489 e. The highest BCUT2D eigenvalue weighted by Crippen LogP contribution is 2.25. The number of hydrogen-bond donors (Lipinski definition) is 1. The molecule has 20 heavy (non-hydrogen) atoms. The van der Waals surface area contributed by atoms with Crippen molar-refractivity contribution in [1.82, 2.24) is 5.32 Å².